The number of nitrogens with zero attached hydrogens (tertiary/aromatic N) is 3. The first-order valence-corrected chi connectivity index (χ1v) is 17.9. The first kappa shape index (κ1) is 29.5. The van der Waals surface area contributed by atoms with Crippen LogP contribution in [-0.4, -0.2) is 15.0 Å². The molecule has 4 nitrogen and oxygen atoms in total. The molecule has 53 heavy (non-hydrogen) atoms. The van der Waals surface area contributed by atoms with Crippen LogP contribution >= 0.6 is 0 Å². The van der Waals surface area contributed by atoms with E-state index < -0.39 is 0 Å². The molecule has 0 radical (unpaired) electrons. The topological polar surface area (TPSA) is 51.8 Å². The van der Waals surface area contributed by atoms with E-state index in [1.165, 1.54) is 32.3 Å². The third-order valence-electron chi connectivity index (χ3n) is 10.5. The maximum atomic E-state index is 6.15. The second kappa shape index (κ2) is 11.7. The molecule has 0 aliphatic carbocycles. The maximum absolute atomic E-state index is 6.15. The van der Waals surface area contributed by atoms with Crippen LogP contribution in [0.2, 0.25) is 0 Å². The highest BCUT2D eigenvalue weighted by atomic mass is 16.3. The second-order valence-corrected chi connectivity index (χ2v) is 13.6. The molecule has 9 aromatic carbocycles. The van der Waals surface area contributed by atoms with Gasteiger partial charge in [-0.3, -0.25) is 0 Å². The highest BCUT2D eigenvalue weighted by Crippen LogP contribution is 2.41. The van der Waals surface area contributed by atoms with Crippen molar-refractivity contribution < 1.29 is 4.42 Å². The molecular weight excluding hydrogens is 647 g/mol. The van der Waals surface area contributed by atoms with Crippen LogP contribution in [-0.2, 0) is 0 Å². The SMILES string of the molecule is c1ccc(-c2nc(-c3ccc4oc5ccccc5c4c3)nc(-c3ccc4ccccc4c3-c3ccc4c(ccc5c6ccccc6ccc45)c3)n2)cc1. The predicted octanol–water partition coefficient (Wildman–Crippen LogP) is 13.1. The number of hydrogen-bond donors (Lipinski definition) is 0. The zero-order valence-electron chi connectivity index (χ0n) is 28.5. The molecule has 0 aliphatic rings. The lowest BCUT2D eigenvalue weighted by Gasteiger charge is -2.16. The summed E-state index contributed by atoms with van der Waals surface area (Å²) in [5.41, 5.74) is 6.68. The van der Waals surface area contributed by atoms with Crippen molar-refractivity contribution in [2.24, 2.45) is 0 Å². The van der Waals surface area contributed by atoms with Crippen LogP contribution < -0.4 is 0 Å². The highest BCUT2D eigenvalue weighted by molar-refractivity contribution is 6.18. The Labute approximate surface area is 304 Å². The Morgan fingerprint density at radius 1 is 0.302 bits per heavy atom. The molecule has 0 amide bonds. The van der Waals surface area contributed by atoms with Gasteiger partial charge in [-0.05, 0) is 85.1 Å². The first-order valence-electron chi connectivity index (χ1n) is 17.9. The summed E-state index contributed by atoms with van der Waals surface area (Å²) in [6.07, 6.45) is 0. The van der Waals surface area contributed by atoms with Crippen LogP contribution in [0.25, 0.3) is 110 Å². The Balaban J connectivity index is 1.14. The van der Waals surface area contributed by atoms with E-state index in [2.05, 4.69) is 115 Å². The molecule has 0 fully saturated rings. The summed E-state index contributed by atoms with van der Waals surface area (Å²) in [7, 11) is 0. The Morgan fingerprint density at radius 3 is 1.70 bits per heavy atom. The van der Waals surface area contributed by atoms with Crippen molar-refractivity contribution in [3.63, 3.8) is 0 Å². The van der Waals surface area contributed by atoms with Crippen molar-refractivity contribution in [2.45, 2.75) is 0 Å². The molecule has 0 unspecified atom stereocenters. The van der Waals surface area contributed by atoms with Gasteiger partial charge in [0.05, 0.1) is 0 Å². The van der Waals surface area contributed by atoms with E-state index in [0.29, 0.717) is 17.5 Å². The van der Waals surface area contributed by atoms with Crippen molar-refractivity contribution in [1.29, 1.82) is 0 Å². The number of hydrogen-bond acceptors (Lipinski definition) is 4. The summed E-state index contributed by atoms with van der Waals surface area (Å²) >= 11 is 0. The molecule has 0 spiro atoms. The van der Waals surface area contributed by atoms with E-state index in [9.17, 15) is 0 Å². The third kappa shape index (κ3) is 4.80. The van der Waals surface area contributed by atoms with Crippen molar-refractivity contribution in [2.75, 3.05) is 0 Å². The van der Waals surface area contributed by atoms with Crippen molar-refractivity contribution in [1.82, 2.24) is 15.0 Å². The second-order valence-electron chi connectivity index (χ2n) is 13.6. The molecule has 246 valence electrons. The third-order valence-corrected chi connectivity index (χ3v) is 10.5. The minimum Gasteiger partial charge on any atom is -0.456 e. The molecular formula is C49H29N3O. The van der Waals surface area contributed by atoms with Gasteiger partial charge in [0.1, 0.15) is 11.2 Å². The number of furan rings is 1. The van der Waals surface area contributed by atoms with Gasteiger partial charge in [-0.2, -0.15) is 0 Å². The average Bonchev–Trinajstić information content (AvgIpc) is 3.61. The summed E-state index contributed by atoms with van der Waals surface area (Å²) in [4.78, 5) is 15.5. The Bertz CT molecular complexity index is 3240. The lowest BCUT2D eigenvalue weighted by Crippen LogP contribution is -2.01. The number of fused-ring (bicyclic) bond motifs is 9. The highest BCUT2D eigenvalue weighted by Gasteiger charge is 2.19. The van der Waals surface area contributed by atoms with Crippen LogP contribution in [0.1, 0.15) is 0 Å². The van der Waals surface area contributed by atoms with E-state index in [0.717, 1.165) is 60.5 Å². The quantitative estimate of drug-likeness (QED) is 0.174. The van der Waals surface area contributed by atoms with E-state index in [-0.39, 0.29) is 0 Å². The van der Waals surface area contributed by atoms with Gasteiger partial charge in [-0.1, -0.05) is 140 Å². The zero-order chi connectivity index (χ0) is 34.9. The Morgan fingerprint density at radius 2 is 0.868 bits per heavy atom. The number of aromatic nitrogens is 3. The molecule has 0 aliphatic heterocycles. The van der Waals surface area contributed by atoms with Crippen LogP contribution in [0.15, 0.2) is 180 Å². The van der Waals surface area contributed by atoms with E-state index in [1.807, 2.05) is 60.7 Å². The normalized spacial score (nSPS) is 11.8. The fourth-order valence-electron chi connectivity index (χ4n) is 7.96. The summed E-state index contributed by atoms with van der Waals surface area (Å²) in [6, 6.07) is 61.8. The van der Waals surface area contributed by atoms with Crippen molar-refractivity contribution in [3.05, 3.63) is 176 Å². The number of para-hydroxylation sites is 1. The predicted molar refractivity (Wildman–Crippen MR) is 219 cm³/mol. The molecule has 4 heteroatoms. The summed E-state index contributed by atoms with van der Waals surface area (Å²) in [5, 5.41) is 11.9. The molecule has 0 bridgehead atoms. The molecule has 11 rings (SSSR count). The molecule has 2 heterocycles. The van der Waals surface area contributed by atoms with Crippen molar-refractivity contribution in [3.8, 4) is 45.3 Å². The van der Waals surface area contributed by atoms with Gasteiger partial charge in [0.15, 0.2) is 17.5 Å². The van der Waals surface area contributed by atoms with Crippen LogP contribution in [0.4, 0.5) is 0 Å². The summed E-state index contributed by atoms with van der Waals surface area (Å²) in [6.45, 7) is 0. The smallest absolute Gasteiger partial charge is 0.164 e. The van der Waals surface area contributed by atoms with E-state index in [1.54, 1.807) is 0 Å². The monoisotopic (exact) mass is 675 g/mol. The standard InChI is InChI=1S/C49H29N3O/c1-2-12-32(13-3-1)47-50-48(35-22-27-45-43(29-35)41-16-8-9-17-44(41)53-45)52-49(51-47)42-26-19-31-11-5-7-15-38(31)46(42)34-21-23-37-33(28-34)20-25-39-36-14-6-4-10-30(36)18-24-40(37)39/h1-29H. The van der Waals surface area contributed by atoms with Gasteiger partial charge in [-0.25, -0.2) is 15.0 Å². The lowest BCUT2D eigenvalue weighted by molar-refractivity contribution is 0.669. The Kier molecular flexibility index (Phi) is 6.52. The number of rotatable bonds is 4. The van der Waals surface area contributed by atoms with Crippen LogP contribution in [0, 0.1) is 0 Å². The van der Waals surface area contributed by atoms with E-state index >= 15 is 0 Å². The molecule has 0 N–H and O–H groups in total. The van der Waals surface area contributed by atoms with Crippen LogP contribution in [0.5, 0.6) is 0 Å². The van der Waals surface area contributed by atoms with Gasteiger partial charge in [0.25, 0.3) is 0 Å². The fraction of sp³-hybridized carbons (Fsp3) is 0. The van der Waals surface area contributed by atoms with Crippen LogP contribution in [0.3, 0.4) is 0 Å². The molecule has 2 aromatic heterocycles. The van der Waals surface area contributed by atoms with E-state index in [4.69, 9.17) is 19.4 Å². The van der Waals surface area contributed by atoms with Gasteiger partial charge < -0.3 is 4.42 Å². The Hall–Kier alpha value is -7.17. The molecule has 0 saturated heterocycles. The van der Waals surface area contributed by atoms with Gasteiger partial charge in [0, 0.05) is 33.0 Å². The fourth-order valence-corrected chi connectivity index (χ4v) is 7.96. The van der Waals surface area contributed by atoms with Gasteiger partial charge >= 0.3 is 0 Å². The zero-order valence-corrected chi connectivity index (χ0v) is 28.5. The summed E-state index contributed by atoms with van der Waals surface area (Å²) < 4.78 is 6.15. The first-order chi connectivity index (χ1) is 26.2. The minimum absolute atomic E-state index is 0.609. The van der Waals surface area contributed by atoms with Gasteiger partial charge in [0.2, 0.25) is 0 Å². The molecule has 0 saturated carbocycles. The van der Waals surface area contributed by atoms with Crippen molar-refractivity contribution >= 4 is 65.0 Å². The minimum atomic E-state index is 0.609. The molecule has 0 atom stereocenters. The largest absolute Gasteiger partial charge is 0.456 e. The summed E-state index contributed by atoms with van der Waals surface area (Å²) in [5.74, 6) is 1.85. The number of benzene rings is 9. The lowest BCUT2D eigenvalue weighted by atomic mass is 9.90. The molecule has 11 aromatic rings. The maximum Gasteiger partial charge on any atom is 0.164 e. The van der Waals surface area contributed by atoms with Gasteiger partial charge in [-0.15, -0.1) is 0 Å². The average molecular weight is 676 g/mol.